The van der Waals surface area contributed by atoms with Gasteiger partial charge in [-0.15, -0.1) is 0 Å². The summed E-state index contributed by atoms with van der Waals surface area (Å²) >= 11 is 0. The second kappa shape index (κ2) is 2.23. The lowest BCUT2D eigenvalue weighted by molar-refractivity contribution is 0.472. The molecule has 1 saturated heterocycles. The molecule has 0 amide bonds. The maximum Gasteiger partial charge on any atom is 0.102 e. The fraction of sp³-hybridized carbons (Fsp3) is 0.889. The van der Waals surface area contributed by atoms with Gasteiger partial charge in [0, 0.05) is 18.5 Å². The summed E-state index contributed by atoms with van der Waals surface area (Å²) in [4.78, 5) is 2.26. The molecule has 0 atom stereocenters. The molecule has 0 unspecified atom stereocenters. The third kappa shape index (κ3) is 1.15. The van der Waals surface area contributed by atoms with Crippen molar-refractivity contribution in [3.05, 3.63) is 0 Å². The van der Waals surface area contributed by atoms with Crippen LogP contribution in [0.4, 0.5) is 0 Å². The number of amidine groups is 1. The standard InChI is InChI=1S/C9H16N2/c1-9(4-5-9)8(10)11-6-2-3-7-11/h10H,2-7H2,1H3. The monoisotopic (exact) mass is 152 g/mol. The van der Waals surface area contributed by atoms with Gasteiger partial charge in [-0.25, -0.2) is 0 Å². The van der Waals surface area contributed by atoms with Crippen LogP contribution in [0.3, 0.4) is 0 Å². The van der Waals surface area contributed by atoms with Gasteiger partial charge >= 0.3 is 0 Å². The van der Waals surface area contributed by atoms with Gasteiger partial charge in [0.15, 0.2) is 0 Å². The van der Waals surface area contributed by atoms with Crippen LogP contribution in [-0.4, -0.2) is 23.8 Å². The lowest BCUT2D eigenvalue weighted by atomic mass is 10.1. The zero-order valence-electron chi connectivity index (χ0n) is 7.19. The van der Waals surface area contributed by atoms with Crippen LogP contribution in [0.25, 0.3) is 0 Å². The smallest absolute Gasteiger partial charge is 0.102 e. The van der Waals surface area contributed by atoms with Crippen molar-refractivity contribution in [2.24, 2.45) is 5.41 Å². The van der Waals surface area contributed by atoms with Crippen LogP contribution in [-0.2, 0) is 0 Å². The summed E-state index contributed by atoms with van der Waals surface area (Å²) in [6.07, 6.45) is 5.06. The summed E-state index contributed by atoms with van der Waals surface area (Å²) in [6.45, 7) is 4.48. The van der Waals surface area contributed by atoms with E-state index in [0.717, 1.165) is 18.9 Å². The van der Waals surface area contributed by atoms with Crippen molar-refractivity contribution in [2.75, 3.05) is 13.1 Å². The number of hydrogen-bond donors (Lipinski definition) is 1. The molecule has 0 radical (unpaired) electrons. The van der Waals surface area contributed by atoms with Crippen molar-refractivity contribution in [1.29, 1.82) is 5.41 Å². The third-order valence-corrected chi connectivity index (χ3v) is 2.99. The lowest BCUT2D eigenvalue weighted by Gasteiger charge is -2.22. The van der Waals surface area contributed by atoms with E-state index in [1.165, 1.54) is 25.7 Å². The van der Waals surface area contributed by atoms with E-state index in [1.807, 2.05) is 0 Å². The maximum atomic E-state index is 7.93. The molecule has 0 aromatic heterocycles. The first-order valence-electron chi connectivity index (χ1n) is 4.56. The predicted octanol–water partition coefficient (Wildman–Crippen LogP) is 1.86. The van der Waals surface area contributed by atoms with E-state index in [9.17, 15) is 0 Å². The summed E-state index contributed by atoms with van der Waals surface area (Å²) in [5, 5.41) is 7.93. The first-order valence-corrected chi connectivity index (χ1v) is 4.56. The molecule has 0 spiro atoms. The average Bonchev–Trinajstić information content (AvgIpc) is 2.54. The SMILES string of the molecule is CC1(C(=N)N2CCCC2)CC1. The minimum Gasteiger partial charge on any atom is -0.360 e. The highest BCUT2D eigenvalue weighted by Crippen LogP contribution is 2.47. The molecule has 1 N–H and O–H groups in total. The molecular formula is C9H16N2. The van der Waals surface area contributed by atoms with Crippen LogP contribution < -0.4 is 0 Å². The zero-order chi connectivity index (χ0) is 7.90. The van der Waals surface area contributed by atoms with Crippen LogP contribution in [0, 0.1) is 10.8 Å². The molecule has 0 aromatic carbocycles. The summed E-state index contributed by atoms with van der Waals surface area (Å²) < 4.78 is 0. The number of hydrogen-bond acceptors (Lipinski definition) is 1. The van der Waals surface area contributed by atoms with Crippen molar-refractivity contribution < 1.29 is 0 Å². The number of nitrogens with zero attached hydrogens (tertiary/aromatic N) is 1. The Kier molecular flexibility index (Phi) is 1.44. The molecule has 2 nitrogen and oxygen atoms in total. The number of rotatable bonds is 1. The Bertz CT molecular complexity index is 176. The Hall–Kier alpha value is -0.530. The van der Waals surface area contributed by atoms with Crippen LogP contribution >= 0.6 is 0 Å². The summed E-state index contributed by atoms with van der Waals surface area (Å²) in [7, 11) is 0. The Labute approximate surface area is 68.1 Å². The number of likely N-dealkylation sites (tertiary alicyclic amines) is 1. The van der Waals surface area contributed by atoms with Crippen molar-refractivity contribution in [1.82, 2.24) is 4.90 Å². The second-order valence-corrected chi connectivity index (χ2v) is 4.10. The van der Waals surface area contributed by atoms with Gasteiger partial charge in [-0.1, -0.05) is 6.92 Å². The molecule has 0 aromatic rings. The quantitative estimate of drug-likeness (QED) is 0.450. The van der Waals surface area contributed by atoms with Gasteiger partial charge < -0.3 is 4.90 Å². The highest BCUT2D eigenvalue weighted by molar-refractivity contribution is 5.87. The van der Waals surface area contributed by atoms with E-state index in [1.54, 1.807) is 0 Å². The van der Waals surface area contributed by atoms with Crippen molar-refractivity contribution in [3.63, 3.8) is 0 Å². The molecule has 1 aliphatic carbocycles. The molecule has 2 rings (SSSR count). The largest absolute Gasteiger partial charge is 0.360 e. The van der Waals surface area contributed by atoms with E-state index in [4.69, 9.17) is 5.41 Å². The highest BCUT2D eigenvalue weighted by Gasteiger charge is 2.44. The Morgan fingerprint density at radius 1 is 1.27 bits per heavy atom. The Balaban J connectivity index is 1.98. The van der Waals surface area contributed by atoms with Crippen molar-refractivity contribution in [3.8, 4) is 0 Å². The molecule has 0 bridgehead atoms. The van der Waals surface area contributed by atoms with Crippen LogP contribution in [0.2, 0.25) is 0 Å². The molecule has 1 heterocycles. The summed E-state index contributed by atoms with van der Waals surface area (Å²) in [5.41, 5.74) is 0.282. The number of nitrogens with one attached hydrogen (secondary N) is 1. The van der Waals surface area contributed by atoms with Crippen LogP contribution in [0.1, 0.15) is 32.6 Å². The molecule has 1 aliphatic heterocycles. The first-order chi connectivity index (χ1) is 5.22. The van der Waals surface area contributed by atoms with Gasteiger partial charge in [0.25, 0.3) is 0 Å². The van der Waals surface area contributed by atoms with Gasteiger partial charge in [0.05, 0.1) is 0 Å². The normalized spacial score (nSPS) is 27.2. The van der Waals surface area contributed by atoms with E-state index in [0.29, 0.717) is 0 Å². The van der Waals surface area contributed by atoms with E-state index in [-0.39, 0.29) is 5.41 Å². The maximum absolute atomic E-state index is 7.93. The Morgan fingerprint density at radius 3 is 2.27 bits per heavy atom. The molecule has 2 heteroatoms. The topological polar surface area (TPSA) is 27.1 Å². The first kappa shape index (κ1) is 7.14. The van der Waals surface area contributed by atoms with Gasteiger partial charge in [0.2, 0.25) is 0 Å². The van der Waals surface area contributed by atoms with Crippen LogP contribution in [0.15, 0.2) is 0 Å². The van der Waals surface area contributed by atoms with Gasteiger partial charge in [-0.05, 0) is 25.7 Å². The van der Waals surface area contributed by atoms with Gasteiger partial charge in [-0.3, -0.25) is 5.41 Å². The molecule has 1 saturated carbocycles. The highest BCUT2D eigenvalue weighted by atomic mass is 15.2. The van der Waals surface area contributed by atoms with Crippen molar-refractivity contribution in [2.45, 2.75) is 32.6 Å². The van der Waals surface area contributed by atoms with Crippen LogP contribution in [0.5, 0.6) is 0 Å². The summed E-state index contributed by atoms with van der Waals surface area (Å²) in [5.74, 6) is 0.912. The minimum absolute atomic E-state index is 0.282. The lowest BCUT2D eigenvalue weighted by Crippen LogP contribution is -2.32. The fourth-order valence-corrected chi connectivity index (χ4v) is 1.75. The fourth-order valence-electron chi connectivity index (χ4n) is 1.75. The van der Waals surface area contributed by atoms with E-state index < -0.39 is 0 Å². The van der Waals surface area contributed by atoms with E-state index in [2.05, 4.69) is 11.8 Å². The molecular weight excluding hydrogens is 136 g/mol. The van der Waals surface area contributed by atoms with E-state index >= 15 is 0 Å². The molecule has 62 valence electrons. The Morgan fingerprint density at radius 2 is 1.82 bits per heavy atom. The molecule has 11 heavy (non-hydrogen) atoms. The zero-order valence-corrected chi connectivity index (χ0v) is 7.19. The van der Waals surface area contributed by atoms with Gasteiger partial charge in [-0.2, -0.15) is 0 Å². The molecule has 2 fully saturated rings. The van der Waals surface area contributed by atoms with Gasteiger partial charge in [0.1, 0.15) is 5.84 Å². The summed E-state index contributed by atoms with van der Waals surface area (Å²) in [6, 6.07) is 0. The average molecular weight is 152 g/mol. The third-order valence-electron chi connectivity index (χ3n) is 2.99. The molecule has 2 aliphatic rings. The minimum atomic E-state index is 0.282. The predicted molar refractivity (Wildman–Crippen MR) is 45.9 cm³/mol. The second-order valence-electron chi connectivity index (χ2n) is 4.10. The van der Waals surface area contributed by atoms with Crippen molar-refractivity contribution >= 4 is 5.84 Å².